The van der Waals surface area contributed by atoms with Crippen molar-refractivity contribution in [1.29, 1.82) is 0 Å². The number of aliphatic hydroxyl groups is 1. The first-order valence-electron chi connectivity index (χ1n) is 2.50. The molecule has 0 bridgehead atoms. The summed E-state index contributed by atoms with van der Waals surface area (Å²) in [6.45, 7) is 1.80. The summed E-state index contributed by atoms with van der Waals surface area (Å²) in [7, 11) is 0. The van der Waals surface area contributed by atoms with Crippen molar-refractivity contribution < 1.29 is 5.11 Å². The second-order valence-electron chi connectivity index (χ2n) is 1.45. The summed E-state index contributed by atoms with van der Waals surface area (Å²) in [4.78, 5) is 2.54. The molecule has 54 valence electrons. The van der Waals surface area contributed by atoms with Crippen molar-refractivity contribution in [3.63, 3.8) is 0 Å². The number of azide groups is 1. The van der Waals surface area contributed by atoms with E-state index < -0.39 is 0 Å². The van der Waals surface area contributed by atoms with Gasteiger partial charge in [0.2, 0.25) is 0 Å². The molecule has 0 aromatic rings. The van der Waals surface area contributed by atoms with Crippen LogP contribution >= 0.6 is 0 Å². The van der Waals surface area contributed by atoms with Crippen LogP contribution in [-0.2, 0) is 0 Å². The molecule has 0 saturated carbocycles. The van der Waals surface area contributed by atoms with Gasteiger partial charge in [0.15, 0.2) is 0 Å². The van der Waals surface area contributed by atoms with Gasteiger partial charge in [-0.2, -0.15) is 0 Å². The van der Waals surface area contributed by atoms with Gasteiger partial charge in [0, 0.05) is 4.91 Å². The Hall–Kier alpha value is -0.730. The van der Waals surface area contributed by atoms with Gasteiger partial charge < -0.3 is 5.11 Å². The van der Waals surface area contributed by atoms with Crippen LogP contribution in [-0.4, -0.2) is 17.8 Å². The van der Waals surface area contributed by atoms with E-state index in [0.717, 1.165) is 0 Å². The Morgan fingerprint density at radius 1 is 1.78 bits per heavy atom. The van der Waals surface area contributed by atoms with Crippen molar-refractivity contribution in [1.82, 2.24) is 0 Å². The molecule has 0 aromatic carbocycles. The van der Waals surface area contributed by atoms with Gasteiger partial charge >= 0.3 is 0 Å². The predicted molar refractivity (Wildman–Crippen MR) is 37.0 cm³/mol. The number of hydrogen-bond donors (Lipinski definition) is 1. The highest BCUT2D eigenvalue weighted by Gasteiger charge is 1.97. The minimum atomic E-state index is -0.236. The maximum absolute atomic E-state index is 8.39. The zero-order chi connectivity index (χ0) is 6.41. The average Bonchev–Trinajstić information content (AvgIpc) is 1.83. The lowest BCUT2D eigenvalue weighted by Gasteiger charge is -1.98. The number of nitrogens with zero attached hydrogens (tertiary/aromatic N) is 3. The molecule has 0 aliphatic carbocycles. The number of rotatable bonds is 3. The molecule has 0 amide bonds. The van der Waals surface area contributed by atoms with Crippen LogP contribution in [0.3, 0.4) is 0 Å². The molecule has 0 aliphatic heterocycles. The minimum Gasteiger partial charge on any atom is -0.396 e. The average molecular weight is 131 g/mol. The third kappa shape index (κ3) is 5.14. The summed E-state index contributed by atoms with van der Waals surface area (Å²) in [5.74, 6) is 0. The first-order valence-corrected chi connectivity index (χ1v) is 2.50. The molecule has 9 heavy (non-hydrogen) atoms. The lowest BCUT2D eigenvalue weighted by atomic mass is 10.3. The monoisotopic (exact) mass is 131 g/mol. The molecule has 1 atom stereocenters. The molecular weight excluding hydrogens is 118 g/mol. The first kappa shape index (κ1) is 11.1. The van der Waals surface area contributed by atoms with Crippen LogP contribution in [0.5, 0.6) is 0 Å². The topological polar surface area (TPSA) is 69.0 Å². The molecule has 0 fully saturated rings. The van der Waals surface area contributed by atoms with Crippen molar-refractivity contribution >= 4 is 0 Å². The van der Waals surface area contributed by atoms with Gasteiger partial charge in [-0.3, -0.25) is 0 Å². The fourth-order valence-corrected chi connectivity index (χ4v) is 0.320. The van der Waals surface area contributed by atoms with E-state index in [1.807, 2.05) is 6.92 Å². The van der Waals surface area contributed by atoms with Crippen molar-refractivity contribution in [2.45, 2.75) is 26.8 Å². The minimum absolute atomic E-state index is 0. The van der Waals surface area contributed by atoms with E-state index in [0.29, 0.717) is 6.42 Å². The fraction of sp³-hybridized carbons (Fsp3) is 1.00. The standard InChI is InChI=1S/C4H9N3O.CH4/c1-2-4(3-8)6-7-5;/h4,8H,2-3H2,1H3;1H4. The third-order valence-electron chi connectivity index (χ3n) is 0.897. The molecule has 0 aliphatic rings. The van der Waals surface area contributed by atoms with Gasteiger partial charge in [-0.05, 0) is 12.0 Å². The Bertz CT molecular complexity index is 94.4. The van der Waals surface area contributed by atoms with Crippen molar-refractivity contribution in [3.05, 3.63) is 10.4 Å². The van der Waals surface area contributed by atoms with Crippen molar-refractivity contribution in [2.75, 3.05) is 6.61 Å². The van der Waals surface area contributed by atoms with E-state index in [1.165, 1.54) is 0 Å². The Labute approximate surface area is 55.1 Å². The molecular formula is C5H13N3O. The van der Waals surface area contributed by atoms with E-state index in [2.05, 4.69) is 10.0 Å². The van der Waals surface area contributed by atoms with E-state index in [9.17, 15) is 0 Å². The SMILES string of the molecule is C.CCC(CO)N=[N+]=[N-]. The van der Waals surface area contributed by atoms with Crippen LogP contribution in [0.2, 0.25) is 0 Å². The van der Waals surface area contributed by atoms with Crippen LogP contribution in [0.1, 0.15) is 20.8 Å². The van der Waals surface area contributed by atoms with Crippen molar-refractivity contribution in [3.8, 4) is 0 Å². The van der Waals surface area contributed by atoms with Crippen LogP contribution in [0.4, 0.5) is 0 Å². The highest BCUT2D eigenvalue weighted by molar-refractivity contribution is 4.61. The second kappa shape index (κ2) is 7.27. The van der Waals surface area contributed by atoms with Crippen LogP contribution in [0.15, 0.2) is 5.11 Å². The Kier molecular flexibility index (Phi) is 8.98. The summed E-state index contributed by atoms with van der Waals surface area (Å²) in [6, 6.07) is -0.236. The summed E-state index contributed by atoms with van der Waals surface area (Å²) in [5.41, 5.74) is 7.85. The van der Waals surface area contributed by atoms with E-state index >= 15 is 0 Å². The van der Waals surface area contributed by atoms with Crippen LogP contribution in [0, 0.1) is 0 Å². The maximum Gasteiger partial charge on any atom is 0.0602 e. The molecule has 1 unspecified atom stereocenters. The molecule has 4 heteroatoms. The molecule has 0 rings (SSSR count). The Balaban J connectivity index is 0. The molecule has 4 nitrogen and oxygen atoms in total. The van der Waals surface area contributed by atoms with Crippen LogP contribution < -0.4 is 0 Å². The van der Waals surface area contributed by atoms with E-state index in [4.69, 9.17) is 10.6 Å². The second-order valence-corrected chi connectivity index (χ2v) is 1.45. The zero-order valence-corrected chi connectivity index (χ0v) is 4.78. The zero-order valence-electron chi connectivity index (χ0n) is 4.78. The smallest absolute Gasteiger partial charge is 0.0602 e. The lowest BCUT2D eigenvalue weighted by molar-refractivity contribution is 0.263. The number of aliphatic hydroxyl groups excluding tert-OH is 1. The normalized spacial score (nSPS) is 10.9. The summed E-state index contributed by atoms with van der Waals surface area (Å²) >= 11 is 0. The van der Waals surface area contributed by atoms with Gasteiger partial charge in [-0.25, -0.2) is 0 Å². The maximum atomic E-state index is 8.39. The number of hydrogen-bond acceptors (Lipinski definition) is 2. The molecule has 0 heterocycles. The van der Waals surface area contributed by atoms with E-state index in [-0.39, 0.29) is 20.1 Å². The van der Waals surface area contributed by atoms with Crippen LogP contribution in [0.25, 0.3) is 10.4 Å². The van der Waals surface area contributed by atoms with Crippen molar-refractivity contribution in [2.24, 2.45) is 5.11 Å². The highest BCUT2D eigenvalue weighted by Crippen LogP contribution is 1.93. The quantitative estimate of drug-likeness (QED) is 0.353. The Morgan fingerprint density at radius 2 is 2.33 bits per heavy atom. The first-order chi connectivity index (χ1) is 3.85. The predicted octanol–water partition coefficient (Wildman–Crippen LogP) is 1.70. The van der Waals surface area contributed by atoms with Gasteiger partial charge in [-0.15, -0.1) is 0 Å². The largest absolute Gasteiger partial charge is 0.396 e. The van der Waals surface area contributed by atoms with Gasteiger partial charge in [-0.1, -0.05) is 19.5 Å². The summed E-state index contributed by atoms with van der Waals surface area (Å²) in [6.07, 6.45) is 0.695. The van der Waals surface area contributed by atoms with Gasteiger partial charge in [0.1, 0.15) is 0 Å². The lowest BCUT2D eigenvalue weighted by Crippen LogP contribution is -2.05. The summed E-state index contributed by atoms with van der Waals surface area (Å²) < 4.78 is 0. The fourth-order valence-electron chi connectivity index (χ4n) is 0.320. The van der Waals surface area contributed by atoms with Gasteiger partial charge in [0.05, 0.1) is 12.6 Å². The summed E-state index contributed by atoms with van der Waals surface area (Å²) in [5, 5.41) is 11.7. The Morgan fingerprint density at radius 3 is 2.44 bits per heavy atom. The molecule has 1 N–H and O–H groups in total. The molecule has 0 spiro atoms. The molecule has 0 radical (unpaired) electrons. The molecule has 0 saturated heterocycles. The molecule has 0 aromatic heterocycles. The third-order valence-corrected chi connectivity index (χ3v) is 0.897. The van der Waals surface area contributed by atoms with Gasteiger partial charge in [0.25, 0.3) is 0 Å². The highest BCUT2D eigenvalue weighted by atomic mass is 16.3. The van der Waals surface area contributed by atoms with E-state index in [1.54, 1.807) is 0 Å².